The molecule has 3 nitrogen and oxygen atoms in total. The molecule has 9 heavy (non-hydrogen) atoms. The van der Waals surface area contributed by atoms with Gasteiger partial charge in [-0.05, 0) is 13.8 Å². The Hall–Kier alpha value is -0.120. The number of hydrogen-bond acceptors (Lipinski definition) is 3. The molecule has 0 aromatic rings. The normalized spacial score (nSPS) is 52.0. The van der Waals surface area contributed by atoms with Crippen molar-refractivity contribution in [3.63, 3.8) is 0 Å². The molecule has 0 aliphatic carbocycles. The molecular weight excluding hydrogens is 120 g/mol. The lowest BCUT2D eigenvalue weighted by Gasteiger charge is -2.22. The van der Waals surface area contributed by atoms with Gasteiger partial charge in [0.15, 0.2) is 0 Å². The van der Waals surface area contributed by atoms with Crippen LogP contribution < -0.4 is 0 Å². The van der Waals surface area contributed by atoms with E-state index in [1.165, 1.54) is 0 Å². The van der Waals surface area contributed by atoms with E-state index in [0.29, 0.717) is 0 Å². The van der Waals surface area contributed by atoms with E-state index in [4.69, 9.17) is 9.84 Å². The lowest BCUT2D eigenvalue weighted by Crippen LogP contribution is -2.42. The fourth-order valence-electron chi connectivity index (χ4n) is 0.844. The maximum atomic E-state index is 9.36. The van der Waals surface area contributed by atoms with Crippen molar-refractivity contribution in [2.75, 3.05) is 6.61 Å². The predicted molar refractivity (Wildman–Crippen MR) is 32.0 cm³/mol. The number of aliphatic hydroxyl groups is 2. The van der Waals surface area contributed by atoms with Crippen LogP contribution in [0.2, 0.25) is 0 Å². The van der Waals surface area contributed by atoms with Crippen LogP contribution in [0.1, 0.15) is 13.8 Å². The molecule has 1 rings (SSSR count). The Kier molecular flexibility index (Phi) is 1.50. The molecular formula is C6H12O3. The molecule has 1 heterocycles. The van der Waals surface area contributed by atoms with Gasteiger partial charge in [-0.15, -0.1) is 0 Å². The molecule has 0 aromatic carbocycles. The van der Waals surface area contributed by atoms with Crippen molar-refractivity contribution in [1.29, 1.82) is 0 Å². The minimum Gasteiger partial charge on any atom is -0.388 e. The maximum Gasteiger partial charge on any atom is 0.116 e. The monoisotopic (exact) mass is 132 g/mol. The SMILES string of the molecule is CC1OCC(O)C1(C)O. The zero-order valence-corrected chi connectivity index (χ0v) is 5.66. The first-order valence-corrected chi connectivity index (χ1v) is 3.07. The highest BCUT2D eigenvalue weighted by Gasteiger charge is 2.42. The molecule has 54 valence electrons. The summed E-state index contributed by atoms with van der Waals surface area (Å²) >= 11 is 0. The molecule has 0 amide bonds. The molecule has 0 spiro atoms. The summed E-state index contributed by atoms with van der Waals surface area (Å²) < 4.78 is 4.98. The van der Waals surface area contributed by atoms with E-state index in [-0.39, 0.29) is 12.7 Å². The second-order valence-electron chi connectivity index (χ2n) is 2.72. The number of ether oxygens (including phenoxy) is 1. The first-order valence-electron chi connectivity index (χ1n) is 3.07. The highest BCUT2D eigenvalue weighted by Crippen LogP contribution is 2.24. The van der Waals surface area contributed by atoms with Crippen molar-refractivity contribution in [1.82, 2.24) is 0 Å². The summed E-state index contributed by atoms with van der Waals surface area (Å²) in [7, 11) is 0. The van der Waals surface area contributed by atoms with Gasteiger partial charge in [0.05, 0.1) is 12.7 Å². The average Bonchev–Trinajstić information content (AvgIpc) is 1.96. The Morgan fingerprint density at radius 3 is 2.33 bits per heavy atom. The second kappa shape index (κ2) is 1.94. The van der Waals surface area contributed by atoms with Crippen LogP contribution in [-0.2, 0) is 4.74 Å². The summed E-state index contributed by atoms with van der Waals surface area (Å²) in [6.45, 7) is 3.57. The van der Waals surface area contributed by atoms with Gasteiger partial charge in [0.2, 0.25) is 0 Å². The largest absolute Gasteiger partial charge is 0.388 e. The summed E-state index contributed by atoms with van der Waals surface area (Å²) in [5.74, 6) is 0. The molecule has 1 aliphatic heterocycles. The topological polar surface area (TPSA) is 49.7 Å². The number of rotatable bonds is 0. The third kappa shape index (κ3) is 0.956. The van der Waals surface area contributed by atoms with Gasteiger partial charge in [-0.1, -0.05) is 0 Å². The van der Waals surface area contributed by atoms with Gasteiger partial charge in [-0.3, -0.25) is 0 Å². The van der Waals surface area contributed by atoms with Gasteiger partial charge in [-0.2, -0.15) is 0 Å². The fourth-order valence-corrected chi connectivity index (χ4v) is 0.844. The summed E-state index contributed by atoms with van der Waals surface area (Å²) in [5.41, 5.74) is -1.06. The minimum absolute atomic E-state index is 0.244. The lowest BCUT2D eigenvalue weighted by molar-refractivity contribution is -0.0565. The van der Waals surface area contributed by atoms with Crippen LogP contribution >= 0.6 is 0 Å². The molecule has 2 N–H and O–H groups in total. The summed E-state index contributed by atoms with van der Waals surface area (Å²) in [6, 6.07) is 0. The standard InChI is InChI=1S/C6H12O3/c1-4-6(2,8)5(7)3-9-4/h4-5,7-8H,3H2,1-2H3. The zero-order chi connectivity index (χ0) is 7.07. The smallest absolute Gasteiger partial charge is 0.116 e. The van der Waals surface area contributed by atoms with Crippen molar-refractivity contribution in [3.05, 3.63) is 0 Å². The summed E-state index contributed by atoms with van der Waals surface area (Å²) in [6.07, 6.45) is -0.986. The predicted octanol–water partition coefficient (Wildman–Crippen LogP) is -0.483. The van der Waals surface area contributed by atoms with E-state index in [0.717, 1.165) is 0 Å². The summed E-state index contributed by atoms with van der Waals surface area (Å²) in [5, 5.41) is 18.4. The van der Waals surface area contributed by atoms with E-state index in [1.807, 2.05) is 0 Å². The molecule has 3 unspecified atom stereocenters. The van der Waals surface area contributed by atoms with Crippen LogP contribution in [0.5, 0.6) is 0 Å². The molecule has 1 saturated heterocycles. The van der Waals surface area contributed by atoms with E-state index < -0.39 is 11.7 Å². The van der Waals surface area contributed by atoms with Crippen LogP contribution in [0.15, 0.2) is 0 Å². The van der Waals surface area contributed by atoms with Crippen molar-refractivity contribution >= 4 is 0 Å². The Morgan fingerprint density at radius 1 is 1.67 bits per heavy atom. The molecule has 0 saturated carbocycles. The second-order valence-corrected chi connectivity index (χ2v) is 2.72. The van der Waals surface area contributed by atoms with Gasteiger partial charge < -0.3 is 14.9 Å². The van der Waals surface area contributed by atoms with Crippen LogP contribution in [0.3, 0.4) is 0 Å². The van der Waals surface area contributed by atoms with Crippen LogP contribution in [0, 0.1) is 0 Å². The quantitative estimate of drug-likeness (QED) is 0.468. The van der Waals surface area contributed by atoms with Crippen molar-refractivity contribution in [2.45, 2.75) is 31.7 Å². The number of aliphatic hydroxyl groups excluding tert-OH is 1. The first-order chi connectivity index (χ1) is 4.05. The zero-order valence-electron chi connectivity index (χ0n) is 5.66. The van der Waals surface area contributed by atoms with Gasteiger partial charge in [-0.25, -0.2) is 0 Å². The lowest BCUT2D eigenvalue weighted by atomic mass is 9.97. The molecule has 1 fully saturated rings. The van der Waals surface area contributed by atoms with E-state index in [1.54, 1.807) is 13.8 Å². The third-order valence-electron chi connectivity index (χ3n) is 2.00. The van der Waals surface area contributed by atoms with Crippen molar-refractivity contribution in [3.8, 4) is 0 Å². The van der Waals surface area contributed by atoms with Gasteiger partial charge in [0.25, 0.3) is 0 Å². The van der Waals surface area contributed by atoms with Crippen molar-refractivity contribution < 1.29 is 14.9 Å². The van der Waals surface area contributed by atoms with E-state index in [9.17, 15) is 5.11 Å². The highest BCUT2D eigenvalue weighted by molar-refractivity contribution is 4.92. The minimum atomic E-state index is -1.06. The Balaban J connectivity index is 2.66. The Labute approximate surface area is 54.3 Å². The fraction of sp³-hybridized carbons (Fsp3) is 1.00. The molecule has 0 aromatic heterocycles. The third-order valence-corrected chi connectivity index (χ3v) is 2.00. The van der Waals surface area contributed by atoms with Crippen molar-refractivity contribution in [2.24, 2.45) is 0 Å². The van der Waals surface area contributed by atoms with Crippen LogP contribution in [-0.4, -0.2) is 34.6 Å². The highest BCUT2D eigenvalue weighted by atomic mass is 16.5. The number of hydrogen-bond donors (Lipinski definition) is 2. The molecule has 0 bridgehead atoms. The molecule has 1 aliphatic rings. The van der Waals surface area contributed by atoms with Gasteiger partial charge in [0.1, 0.15) is 11.7 Å². The van der Waals surface area contributed by atoms with Crippen LogP contribution in [0.4, 0.5) is 0 Å². The Morgan fingerprint density at radius 2 is 2.22 bits per heavy atom. The molecule has 3 heteroatoms. The van der Waals surface area contributed by atoms with E-state index in [2.05, 4.69) is 0 Å². The first kappa shape index (κ1) is 6.99. The molecule has 0 radical (unpaired) electrons. The summed E-state index contributed by atoms with van der Waals surface area (Å²) in [4.78, 5) is 0. The maximum absolute atomic E-state index is 9.36. The van der Waals surface area contributed by atoms with Gasteiger partial charge in [0, 0.05) is 0 Å². The Bertz CT molecular complexity index is 98.9. The average molecular weight is 132 g/mol. The van der Waals surface area contributed by atoms with Gasteiger partial charge >= 0.3 is 0 Å². The molecule has 3 atom stereocenters. The van der Waals surface area contributed by atoms with Crippen LogP contribution in [0.25, 0.3) is 0 Å². The van der Waals surface area contributed by atoms with E-state index >= 15 is 0 Å².